The lowest BCUT2D eigenvalue weighted by Crippen LogP contribution is -2.44. The summed E-state index contributed by atoms with van der Waals surface area (Å²) in [5, 5.41) is 3.67. The Morgan fingerprint density at radius 3 is 2.79 bits per heavy atom. The average molecular weight is 279 g/mol. The molecule has 0 spiro atoms. The Kier molecular flexibility index (Phi) is 4.46. The first kappa shape index (κ1) is 14.7. The molecule has 0 bridgehead atoms. The monoisotopic (exact) mass is 279 g/mol. The lowest BCUT2D eigenvalue weighted by atomic mass is 9.87. The van der Waals surface area contributed by atoms with Gasteiger partial charge in [0.25, 0.3) is 0 Å². The minimum Gasteiger partial charge on any atom is -0.315 e. The molecule has 106 valence electrons. The third-order valence-electron chi connectivity index (χ3n) is 4.33. The molecule has 3 atom stereocenters. The molecule has 0 heterocycles. The van der Waals surface area contributed by atoms with Crippen molar-refractivity contribution in [1.82, 2.24) is 5.32 Å². The molecule has 1 aromatic carbocycles. The van der Waals surface area contributed by atoms with Gasteiger partial charge in [-0.05, 0) is 37.8 Å². The van der Waals surface area contributed by atoms with Crippen LogP contribution < -0.4 is 5.32 Å². The number of rotatable bonds is 4. The number of benzene rings is 1. The maximum Gasteiger partial charge on any atom is 0.0509 e. The van der Waals surface area contributed by atoms with Crippen LogP contribution in [0.3, 0.4) is 0 Å². The van der Waals surface area contributed by atoms with Crippen LogP contribution >= 0.6 is 0 Å². The van der Waals surface area contributed by atoms with E-state index in [4.69, 9.17) is 0 Å². The van der Waals surface area contributed by atoms with E-state index in [2.05, 4.69) is 50.4 Å². The number of hydrogen-bond acceptors (Lipinski definition) is 2. The van der Waals surface area contributed by atoms with Gasteiger partial charge in [-0.25, -0.2) is 0 Å². The Hall–Kier alpha value is -0.670. The van der Waals surface area contributed by atoms with Gasteiger partial charge in [-0.15, -0.1) is 0 Å². The summed E-state index contributed by atoms with van der Waals surface area (Å²) in [4.78, 5) is 0. The highest BCUT2D eigenvalue weighted by atomic mass is 32.2. The lowest BCUT2D eigenvalue weighted by Gasteiger charge is -2.30. The maximum absolute atomic E-state index is 12.7. The van der Waals surface area contributed by atoms with Gasteiger partial charge in [-0.3, -0.25) is 4.21 Å². The van der Waals surface area contributed by atoms with Crippen molar-refractivity contribution in [3.05, 3.63) is 35.4 Å². The molecule has 1 aliphatic rings. The molecule has 0 aliphatic heterocycles. The van der Waals surface area contributed by atoms with E-state index in [0.29, 0.717) is 11.8 Å². The van der Waals surface area contributed by atoms with E-state index in [0.717, 1.165) is 12.8 Å². The van der Waals surface area contributed by atoms with Crippen LogP contribution in [0.2, 0.25) is 0 Å². The molecule has 0 amide bonds. The average Bonchev–Trinajstić information content (AvgIpc) is 2.64. The summed E-state index contributed by atoms with van der Waals surface area (Å²) in [5.74, 6) is 0.681. The molecule has 1 aromatic rings. The van der Waals surface area contributed by atoms with Crippen LogP contribution in [-0.2, 0) is 16.6 Å². The molecule has 2 nitrogen and oxygen atoms in total. The smallest absolute Gasteiger partial charge is 0.0509 e. The molecule has 0 radical (unpaired) electrons. The fraction of sp³-hybridized carbons (Fsp3) is 0.625. The van der Waals surface area contributed by atoms with Crippen molar-refractivity contribution in [3.8, 4) is 0 Å². The topological polar surface area (TPSA) is 29.1 Å². The summed E-state index contributed by atoms with van der Waals surface area (Å²) in [6.45, 7) is 6.64. The summed E-state index contributed by atoms with van der Waals surface area (Å²) in [5.41, 5.74) is 2.69. The van der Waals surface area contributed by atoms with Crippen LogP contribution in [0.4, 0.5) is 0 Å². The van der Waals surface area contributed by atoms with Crippen molar-refractivity contribution in [2.75, 3.05) is 7.05 Å². The van der Waals surface area contributed by atoms with Gasteiger partial charge in [-0.2, -0.15) is 0 Å². The summed E-state index contributed by atoms with van der Waals surface area (Å²) < 4.78 is 12.7. The summed E-state index contributed by atoms with van der Waals surface area (Å²) >= 11 is 0. The Morgan fingerprint density at radius 1 is 1.42 bits per heavy atom. The zero-order valence-corrected chi connectivity index (χ0v) is 13.2. The van der Waals surface area contributed by atoms with Gasteiger partial charge >= 0.3 is 0 Å². The van der Waals surface area contributed by atoms with Gasteiger partial charge in [0, 0.05) is 22.6 Å². The quantitative estimate of drug-likeness (QED) is 0.918. The van der Waals surface area contributed by atoms with Gasteiger partial charge in [0.15, 0.2) is 0 Å². The second-order valence-corrected chi connectivity index (χ2v) is 8.00. The van der Waals surface area contributed by atoms with Gasteiger partial charge in [0.1, 0.15) is 0 Å². The standard InChI is InChI=1S/C16H25NOS/c1-12-6-5-7-13(10-12)11-19(18)14-8-9-16(2,3)15(14)17-4/h5-7,10,14-15,17H,8-9,11H2,1-4H3. The van der Waals surface area contributed by atoms with Crippen molar-refractivity contribution >= 4 is 10.8 Å². The van der Waals surface area contributed by atoms with Crippen LogP contribution in [0.15, 0.2) is 24.3 Å². The van der Waals surface area contributed by atoms with E-state index in [-0.39, 0.29) is 10.7 Å². The Bertz CT molecular complexity index is 470. The molecule has 19 heavy (non-hydrogen) atoms. The number of hydrogen-bond donors (Lipinski definition) is 1. The van der Waals surface area contributed by atoms with E-state index in [1.165, 1.54) is 11.1 Å². The minimum absolute atomic E-state index is 0.252. The van der Waals surface area contributed by atoms with Crippen molar-refractivity contribution in [2.24, 2.45) is 5.41 Å². The summed E-state index contributed by atoms with van der Waals surface area (Å²) in [6.07, 6.45) is 2.22. The highest BCUT2D eigenvalue weighted by molar-refractivity contribution is 7.84. The largest absolute Gasteiger partial charge is 0.315 e. The highest BCUT2D eigenvalue weighted by Crippen LogP contribution is 2.40. The third-order valence-corrected chi connectivity index (χ3v) is 6.13. The minimum atomic E-state index is -0.794. The summed E-state index contributed by atoms with van der Waals surface area (Å²) in [6, 6.07) is 8.72. The zero-order chi connectivity index (χ0) is 14.0. The fourth-order valence-electron chi connectivity index (χ4n) is 3.27. The van der Waals surface area contributed by atoms with Gasteiger partial charge in [0.2, 0.25) is 0 Å². The molecular weight excluding hydrogens is 254 g/mol. The first-order valence-electron chi connectivity index (χ1n) is 7.04. The van der Waals surface area contributed by atoms with Gasteiger partial charge in [-0.1, -0.05) is 43.7 Å². The van der Waals surface area contributed by atoms with E-state index in [1.807, 2.05) is 7.05 Å². The normalized spacial score (nSPS) is 27.4. The molecule has 3 unspecified atom stereocenters. The fourth-order valence-corrected chi connectivity index (χ4v) is 5.18. The predicted molar refractivity (Wildman–Crippen MR) is 82.7 cm³/mol. The number of nitrogens with one attached hydrogen (secondary N) is 1. The van der Waals surface area contributed by atoms with Crippen molar-refractivity contribution in [2.45, 2.75) is 50.7 Å². The molecule has 3 heteroatoms. The Morgan fingerprint density at radius 2 is 2.16 bits per heavy atom. The van der Waals surface area contributed by atoms with Crippen molar-refractivity contribution in [3.63, 3.8) is 0 Å². The van der Waals surface area contributed by atoms with Crippen LogP contribution in [0.25, 0.3) is 0 Å². The summed E-state index contributed by atoms with van der Waals surface area (Å²) in [7, 11) is 1.20. The Labute approximate surface area is 119 Å². The molecule has 1 aliphatic carbocycles. The molecule has 1 N–H and O–H groups in total. The maximum atomic E-state index is 12.7. The molecular formula is C16H25NOS. The first-order chi connectivity index (χ1) is 8.94. The second-order valence-electron chi connectivity index (χ2n) is 6.35. The zero-order valence-electron chi connectivity index (χ0n) is 12.4. The van der Waals surface area contributed by atoms with Crippen molar-refractivity contribution in [1.29, 1.82) is 0 Å². The van der Waals surface area contributed by atoms with E-state index >= 15 is 0 Å². The van der Waals surface area contributed by atoms with Gasteiger partial charge < -0.3 is 5.32 Å². The van der Waals surface area contributed by atoms with Crippen LogP contribution in [0.5, 0.6) is 0 Å². The molecule has 1 saturated carbocycles. The molecule has 0 aromatic heterocycles. The SMILES string of the molecule is CNC1C(S(=O)Cc2cccc(C)c2)CCC1(C)C. The second kappa shape index (κ2) is 5.76. The van der Waals surface area contributed by atoms with E-state index in [1.54, 1.807) is 0 Å². The predicted octanol–water partition coefficient (Wildman–Crippen LogP) is 3.02. The van der Waals surface area contributed by atoms with Crippen LogP contribution in [0.1, 0.15) is 37.8 Å². The molecule has 2 rings (SSSR count). The highest BCUT2D eigenvalue weighted by Gasteiger charge is 2.43. The van der Waals surface area contributed by atoms with E-state index in [9.17, 15) is 4.21 Å². The molecule has 0 saturated heterocycles. The van der Waals surface area contributed by atoms with Crippen molar-refractivity contribution < 1.29 is 4.21 Å². The van der Waals surface area contributed by atoms with Crippen LogP contribution in [-0.4, -0.2) is 22.5 Å². The lowest BCUT2D eigenvalue weighted by molar-refractivity contribution is 0.299. The van der Waals surface area contributed by atoms with Gasteiger partial charge in [0.05, 0.1) is 5.25 Å². The third kappa shape index (κ3) is 3.26. The Balaban J connectivity index is 2.08. The van der Waals surface area contributed by atoms with E-state index < -0.39 is 10.8 Å². The first-order valence-corrected chi connectivity index (χ1v) is 8.42. The molecule has 1 fully saturated rings. The van der Waals surface area contributed by atoms with Crippen LogP contribution in [0, 0.1) is 12.3 Å². The number of aryl methyl sites for hydroxylation is 1.